The van der Waals surface area contributed by atoms with Gasteiger partial charge in [0, 0.05) is 161 Å². The van der Waals surface area contributed by atoms with Crippen molar-refractivity contribution in [2.24, 2.45) is 0 Å². The van der Waals surface area contributed by atoms with Crippen LogP contribution in [0.1, 0.15) is 27.8 Å². The first kappa shape index (κ1) is 86.4. The van der Waals surface area contributed by atoms with Gasteiger partial charge in [-0.1, -0.05) is 334 Å². The van der Waals surface area contributed by atoms with E-state index in [1.165, 1.54) is 153 Å². The molecule has 0 aliphatic rings. The molecule has 0 aliphatic carbocycles. The molecule has 24 aromatic carbocycles. The zero-order valence-electron chi connectivity index (χ0n) is 80.0. The molecule has 27 aromatic rings. The lowest BCUT2D eigenvalue weighted by atomic mass is 9.94. The number of fused-ring (bicyclic) bond motifs is 21. The Kier molecular flexibility index (Phi) is 21.5. The van der Waals surface area contributed by atoms with Crippen molar-refractivity contribution in [1.82, 2.24) is 0 Å². The third kappa shape index (κ3) is 15.0. The van der Waals surface area contributed by atoms with E-state index in [4.69, 9.17) is 0 Å². The topological polar surface area (TPSA) is 19.4 Å². The molecule has 0 amide bonds. The van der Waals surface area contributed by atoms with Crippen molar-refractivity contribution in [3.05, 3.63) is 531 Å². The summed E-state index contributed by atoms with van der Waals surface area (Å²) in [5, 5.41) is 22.0. The highest BCUT2D eigenvalue weighted by Crippen LogP contribution is 2.58. The van der Waals surface area contributed by atoms with Crippen molar-refractivity contribution in [3.63, 3.8) is 0 Å². The molecule has 0 N–H and O–H groups in total. The molecule has 0 saturated carbocycles. The smallest absolute Gasteiger partial charge is 0.0554 e. The molecular formula is C136H94N6S3. The van der Waals surface area contributed by atoms with Crippen LogP contribution in [0.2, 0.25) is 0 Å². The fraction of sp³-hybridized carbons (Fsp3) is 0.0294. The van der Waals surface area contributed by atoms with Gasteiger partial charge in [-0.15, -0.1) is 34.0 Å². The lowest BCUT2D eigenvalue weighted by Gasteiger charge is -2.29. The average Bonchev–Trinajstić information content (AvgIpc) is 1.58. The van der Waals surface area contributed by atoms with Gasteiger partial charge >= 0.3 is 0 Å². The molecule has 0 spiro atoms. The van der Waals surface area contributed by atoms with Gasteiger partial charge in [-0.3, -0.25) is 0 Å². The van der Waals surface area contributed by atoms with Gasteiger partial charge in [0.25, 0.3) is 0 Å². The molecule has 27 rings (SSSR count). The predicted octanol–water partition coefficient (Wildman–Crippen LogP) is 40.7. The molecule has 0 saturated heterocycles. The van der Waals surface area contributed by atoms with Crippen LogP contribution in [0.5, 0.6) is 0 Å². The maximum Gasteiger partial charge on any atom is 0.0554 e. The molecule has 9 heteroatoms. The molecule has 0 unspecified atom stereocenters. The van der Waals surface area contributed by atoms with Crippen LogP contribution in [0, 0.1) is 20.8 Å². The van der Waals surface area contributed by atoms with Gasteiger partial charge in [0.05, 0.1) is 34.1 Å². The Morgan fingerprint density at radius 2 is 0.386 bits per heavy atom. The number of para-hydroxylation sites is 8. The number of aryl methyl sites for hydroxylation is 3. The van der Waals surface area contributed by atoms with Gasteiger partial charge in [0.2, 0.25) is 0 Å². The molecule has 686 valence electrons. The summed E-state index contributed by atoms with van der Waals surface area (Å²) in [4.78, 5) is 14.9. The minimum atomic E-state index is 0.696. The van der Waals surface area contributed by atoms with Gasteiger partial charge in [-0.2, -0.15) is 0 Å². The number of hydrogen-bond donors (Lipinski definition) is 0. The molecular weight excluding hydrogens is 1810 g/mol. The molecule has 0 radical (unpaired) electrons. The summed E-state index contributed by atoms with van der Waals surface area (Å²) < 4.78 is 7.35. The summed E-state index contributed by atoms with van der Waals surface area (Å²) in [7, 11) is 0. The largest absolute Gasteiger partial charge is 0.310 e. The minimum Gasteiger partial charge on any atom is -0.310 e. The third-order valence-corrected chi connectivity index (χ3v) is 32.4. The summed E-state index contributed by atoms with van der Waals surface area (Å²) in [5.41, 5.74) is 28.2. The standard InChI is InChI=1S/C136H94N6S3/c1-88-40-36-58-101(76-88)140(103-60-38-44-93(80-103)94-45-39-61-104(81-94)142(118-73-35-23-42-90(118)3)124-87-129-134(115-71-33-28-66-109(115)124)133-114-70-32-27-65-108(114)123(86-128(133)144-129)141(100-56-20-9-21-57-100)117-72-34-22-41-89(117)2)121-84-126-132(112-68-30-26-64-107(112)121)131-111-67-29-25-63-106(111)120(83-125(131)143-126)139(99-54-18-8-19-55-99)102-59-37-43-91(78-102)77-92-74-75-110-116(79-92)136-130(85-122(110)138(97-50-14-6-15-51-97)98-52-16-7-17-53-98)145-127-82-119(105-62-24-31-69-113(105)135(127)136)137(95-46-10-4-11-47-95)96-48-12-5-13-49-96/h4-76,78-87H,77H2,1-3H3. The molecule has 0 bridgehead atoms. The van der Waals surface area contributed by atoms with Crippen molar-refractivity contribution in [1.29, 1.82) is 0 Å². The van der Waals surface area contributed by atoms with Crippen LogP contribution < -0.4 is 29.4 Å². The monoisotopic (exact) mass is 1910 g/mol. The summed E-state index contributed by atoms with van der Waals surface area (Å²) in [6.45, 7) is 6.67. The number of anilines is 18. The van der Waals surface area contributed by atoms with Gasteiger partial charge in [-0.05, 0) is 268 Å². The fourth-order valence-electron chi connectivity index (χ4n) is 22.8. The van der Waals surface area contributed by atoms with Crippen molar-refractivity contribution in [2.45, 2.75) is 27.2 Å². The molecule has 3 heterocycles. The van der Waals surface area contributed by atoms with Crippen LogP contribution >= 0.6 is 34.0 Å². The Morgan fingerprint density at radius 1 is 0.152 bits per heavy atom. The quantitative estimate of drug-likeness (QED) is 0.0709. The molecule has 0 fully saturated rings. The van der Waals surface area contributed by atoms with Crippen LogP contribution in [0.4, 0.5) is 102 Å². The Morgan fingerprint density at radius 3 is 0.731 bits per heavy atom. The maximum atomic E-state index is 2.52. The fourth-order valence-corrected chi connectivity index (χ4v) is 26.4. The van der Waals surface area contributed by atoms with Gasteiger partial charge < -0.3 is 29.4 Å². The van der Waals surface area contributed by atoms with E-state index in [2.05, 4.69) is 554 Å². The average molecular weight is 1910 g/mol. The third-order valence-electron chi connectivity index (χ3n) is 29.1. The van der Waals surface area contributed by atoms with Gasteiger partial charge in [-0.25, -0.2) is 0 Å². The van der Waals surface area contributed by atoms with Crippen LogP contribution in [0.25, 0.3) is 136 Å². The van der Waals surface area contributed by atoms with E-state index < -0.39 is 0 Å². The van der Waals surface area contributed by atoms with Crippen LogP contribution in [-0.2, 0) is 6.42 Å². The van der Waals surface area contributed by atoms with Gasteiger partial charge in [0.1, 0.15) is 0 Å². The Hall–Kier alpha value is -17.7. The van der Waals surface area contributed by atoms with Crippen LogP contribution in [0.3, 0.4) is 0 Å². The lowest BCUT2D eigenvalue weighted by Crippen LogP contribution is -2.12. The second-order valence-electron chi connectivity index (χ2n) is 37.9. The SMILES string of the molecule is Cc1cccc(N(c2cccc(-c3cccc(N(c4ccccc4C)c4cc5sc6cc(N(c7ccccc7)c7ccccc7C)c7ccccc7c6c5c5ccccc45)c3)c2)c2cc3sc4cc(N(c5ccccc5)c5cccc(Cc6ccc7c(N(c8ccccc8)c8ccccc8)cc8sc9cc(N(c%10ccccc%10)c%10ccccc%10)c%10ccccc%10c9c8c7c6)c5)c5ccccc5c4c3c3ccccc23)c1. The number of hydrogen-bond acceptors (Lipinski definition) is 9. The van der Waals surface area contributed by atoms with E-state index >= 15 is 0 Å². The Balaban J connectivity index is 0.576. The van der Waals surface area contributed by atoms with E-state index in [1.807, 2.05) is 34.0 Å². The predicted molar refractivity (Wildman–Crippen MR) is 627 cm³/mol. The van der Waals surface area contributed by atoms with Crippen LogP contribution in [0.15, 0.2) is 504 Å². The normalized spacial score (nSPS) is 11.7. The van der Waals surface area contributed by atoms with Crippen molar-refractivity contribution in [2.75, 3.05) is 29.4 Å². The highest BCUT2D eigenvalue weighted by atomic mass is 32.1. The summed E-state index contributed by atoms with van der Waals surface area (Å²) in [6.07, 6.45) is 0.696. The van der Waals surface area contributed by atoms with Crippen molar-refractivity contribution < 1.29 is 0 Å². The minimum absolute atomic E-state index is 0.696. The number of benzene rings is 24. The highest BCUT2D eigenvalue weighted by molar-refractivity contribution is 7.27. The van der Waals surface area contributed by atoms with E-state index in [-0.39, 0.29) is 0 Å². The van der Waals surface area contributed by atoms with E-state index in [0.29, 0.717) is 6.42 Å². The summed E-state index contributed by atoms with van der Waals surface area (Å²) >= 11 is 5.66. The van der Waals surface area contributed by atoms with E-state index in [0.717, 1.165) is 113 Å². The van der Waals surface area contributed by atoms with Crippen molar-refractivity contribution >= 4 is 262 Å². The first-order valence-corrected chi connectivity index (χ1v) is 52.1. The molecule has 0 aliphatic heterocycles. The first-order chi connectivity index (χ1) is 71.7. The van der Waals surface area contributed by atoms with E-state index in [9.17, 15) is 0 Å². The zero-order valence-corrected chi connectivity index (χ0v) is 82.5. The highest BCUT2D eigenvalue weighted by Gasteiger charge is 2.31. The van der Waals surface area contributed by atoms with E-state index in [1.54, 1.807) is 0 Å². The second-order valence-corrected chi connectivity index (χ2v) is 41.2. The van der Waals surface area contributed by atoms with Gasteiger partial charge in [0.15, 0.2) is 0 Å². The molecule has 6 nitrogen and oxygen atoms in total. The summed E-state index contributed by atoms with van der Waals surface area (Å²) in [5.74, 6) is 0. The molecule has 0 atom stereocenters. The maximum absolute atomic E-state index is 2.52. The van der Waals surface area contributed by atoms with Crippen molar-refractivity contribution in [3.8, 4) is 11.1 Å². The molecule has 3 aromatic heterocycles. The zero-order chi connectivity index (χ0) is 96.3. The van der Waals surface area contributed by atoms with Crippen LogP contribution in [-0.4, -0.2) is 0 Å². The number of rotatable bonds is 21. The molecule has 145 heavy (non-hydrogen) atoms. The lowest BCUT2D eigenvalue weighted by molar-refractivity contribution is 1.19. The number of nitrogens with zero attached hydrogens (tertiary/aromatic N) is 6. The Labute approximate surface area is 853 Å². The number of thiophene rings is 3. The summed E-state index contributed by atoms with van der Waals surface area (Å²) in [6, 6.07) is 187. The Bertz CT molecular complexity index is 9690. The first-order valence-electron chi connectivity index (χ1n) is 49.7. The second kappa shape index (κ2) is 36.1.